The molecule has 0 radical (unpaired) electrons. The quantitative estimate of drug-likeness (QED) is 0.0653. The monoisotopic (exact) mass is 653 g/mol. The number of allylic oxidation sites excluding steroid dienone is 1. The maximum absolute atomic E-state index is 12.6. The number of nitrogens with one attached hydrogen (secondary N) is 4. The normalized spacial score (nSPS) is 23.5. The third-order valence-electron chi connectivity index (χ3n) is 9.43. The average molecular weight is 654 g/mol. The zero-order chi connectivity index (χ0) is 33.3. The number of aromatic amines is 2. The number of rotatable bonds is 14. The molecule has 0 spiro atoms. The van der Waals surface area contributed by atoms with Crippen LogP contribution in [0.25, 0.3) is 6.08 Å². The van der Waals surface area contributed by atoms with E-state index in [4.69, 9.17) is 0 Å². The summed E-state index contributed by atoms with van der Waals surface area (Å²) in [6, 6.07) is -0.527. The molecular weight excluding hydrogens is 612 g/mol. The molecule has 0 bridgehead atoms. The Morgan fingerprint density at radius 2 is 1.61 bits per heavy atom. The first-order valence-electron chi connectivity index (χ1n) is 15.4. The summed E-state index contributed by atoms with van der Waals surface area (Å²) in [4.78, 5) is 55.2. The molecule has 2 fully saturated rings. The van der Waals surface area contributed by atoms with Gasteiger partial charge in [0.05, 0.1) is 24.8 Å². The van der Waals surface area contributed by atoms with Gasteiger partial charge in [0.1, 0.15) is 0 Å². The Kier molecular flexibility index (Phi) is 9.82. The minimum atomic E-state index is -0.939. The summed E-state index contributed by atoms with van der Waals surface area (Å²) in [5.41, 5.74) is 8.10. The molecular formula is C33H41N4O8S+. The van der Waals surface area contributed by atoms with Gasteiger partial charge in [-0.15, -0.1) is 0 Å². The smallest absolute Gasteiger partial charge is 0.303 e. The van der Waals surface area contributed by atoms with Gasteiger partial charge in [-0.1, -0.05) is 6.92 Å². The van der Waals surface area contributed by atoms with Crippen molar-refractivity contribution in [2.24, 2.45) is 11.8 Å². The number of aliphatic hydroxyl groups excluding tert-OH is 2. The number of amides is 2. The van der Waals surface area contributed by atoms with Crippen LogP contribution >= 0.6 is 0 Å². The topological polar surface area (TPSA) is 205 Å². The molecule has 0 unspecified atom stereocenters. The molecule has 12 nitrogen and oxygen atoms in total. The third-order valence-corrected chi connectivity index (χ3v) is 10.5. The fraction of sp³-hybridized carbons (Fsp3) is 0.455. The van der Waals surface area contributed by atoms with Crippen LogP contribution in [0.5, 0.6) is 0 Å². The summed E-state index contributed by atoms with van der Waals surface area (Å²) in [7, 11) is 0. The molecule has 2 aromatic heterocycles. The van der Waals surface area contributed by atoms with E-state index < -0.39 is 23.9 Å². The van der Waals surface area contributed by atoms with Gasteiger partial charge in [0.25, 0.3) is 5.91 Å². The first-order valence-corrected chi connectivity index (χ1v) is 16.6. The molecule has 3 aliphatic heterocycles. The number of hydrogen-bond donors (Lipinski definition) is 8. The molecule has 5 rings (SSSR count). The maximum atomic E-state index is 12.6. The lowest BCUT2D eigenvalue weighted by Crippen LogP contribution is -2.31. The van der Waals surface area contributed by atoms with E-state index >= 15 is 0 Å². The standard InChI is InChI=1S/C33H40N4O8S/c1-15-18(4-6-29(40)41)24(34-22(15)10-26-21(13-39)20(8-9-38)33(45)36-26)12-25-19(5-7-30(42)43)16(2)23(35-25)11-27-31(28-14-46-28)17(3)32(44)37-27/h8-9,11,17,26,28,31,34-35,38-39H,4-7,10,12-14H2,1-3H3,(H,36,45)(H,37,44)(H,40,41)(H,42,43)/p+1/b9-8+,27-11-/t17-,26-,28-,31-/m1/s1. The van der Waals surface area contributed by atoms with Crippen molar-refractivity contribution in [3.8, 4) is 0 Å². The van der Waals surface area contributed by atoms with Crippen LogP contribution < -0.4 is 10.6 Å². The molecule has 13 heteroatoms. The second kappa shape index (κ2) is 13.6. The summed E-state index contributed by atoms with van der Waals surface area (Å²) >= 11 is 1.34. The van der Waals surface area contributed by atoms with Crippen molar-refractivity contribution >= 4 is 41.6 Å². The summed E-state index contributed by atoms with van der Waals surface area (Å²) in [5.74, 6) is -1.20. The summed E-state index contributed by atoms with van der Waals surface area (Å²) in [6.07, 6.45) is 5.03. The number of hydrogen-bond acceptors (Lipinski definition) is 6. The molecule has 5 heterocycles. The van der Waals surface area contributed by atoms with Crippen molar-refractivity contribution < 1.29 is 39.6 Å². The lowest BCUT2D eigenvalue weighted by molar-refractivity contribution is -0.138. The van der Waals surface area contributed by atoms with E-state index in [1.165, 1.54) is 17.8 Å². The lowest BCUT2D eigenvalue weighted by Gasteiger charge is -2.14. The van der Waals surface area contributed by atoms with Gasteiger partial charge < -0.3 is 41.0 Å². The largest absolute Gasteiger partial charge is 0.516 e. The van der Waals surface area contributed by atoms with Gasteiger partial charge in [-0.25, -0.2) is 0 Å². The van der Waals surface area contributed by atoms with Crippen LogP contribution in [0.4, 0.5) is 0 Å². The Hall–Kier alpha value is -4.23. The zero-order valence-electron chi connectivity index (χ0n) is 26.1. The van der Waals surface area contributed by atoms with Crippen LogP contribution in [-0.4, -0.2) is 77.8 Å². The molecule has 46 heavy (non-hydrogen) atoms. The number of thiol groups is 1. The van der Waals surface area contributed by atoms with Gasteiger partial charge >= 0.3 is 11.9 Å². The van der Waals surface area contributed by atoms with Gasteiger partial charge in [0, 0.05) is 65.6 Å². The second-order valence-electron chi connectivity index (χ2n) is 12.2. The number of carbonyl (C=O) groups excluding carboxylic acids is 2. The number of aromatic nitrogens is 2. The van der Waals surface area contributed by atoms with Crippen molar-refractivity contribution in [3.63, 3.8) is 0 Å². The molecule has 2 saturated heterocycles. The van der Waals surface area contributed by atoms with E-state index in [2.05, 4.69) is 20.6 Å². The van der Waals surface area contributed by atoms with E-state index in [1.807, 2.05) is 26.8 Å². The summed E-state index contributed by atoms with van der Waals surface area (Å²) in [6.45, 7) is 5.40. The lowest BCUT2D eigenvalue weighted by atomic mass is 9.91. The first kappa shape index (κ1) is 33.1. The highest BCUT2D eigenvalue weighted by Gasteiger charge is 2.52. The Morgan fingerprint density at radius 3 is 2.20 bits per heavy atom. The fourth-order valence-electron chi connectivity index (χ4n) is 6.82. The van der Waals surface area contributed by atoms with Gasteiger partial charge in [-0.3, -0.25) is 19.2 Å². The first-order chi connectivity index (χ1) is 21.9. The van der Waals surface area contributed by atoms with E-state index in [0.717, 1.165) is 62.7 Å². The van der Waals surface area contributed by atoms with Gasteiger partial charge in [0.2, 0.25) is 5.91 Å². The van der Waals surface area contributed by atoms with E-state index in [-0.39, 0.29) is 49.2 Å². The van der Waals surface area contributed by atoms with Crippen molar-refractivity contribution in [2.45, 2.75) is 70.6 Å². The van der Waals surface area contributed by atoms with Crippen LogP contribution in [-0.2, 0) is 56.6 Å². The van der Waals surface area contributed by atoms with Gasteiger partial charge in [0.15, 0.2) is 11.0 Å². The van der Waals surface area contributed by atoms with E-state index in [9.17, 15) is 39.6 Å². The van der Waals surface area contributed by atoms with Crippen LogP contribution in [0.15, 0.2) is 29.2 Å². The minimum Gasteiger partial charge on any atom is -0.516 e. The Morgan fingerprint density at radius 1 is 0.978 bits per heavy atom. The van der Waals surface area contributed by atoms with Gasteiger partial charge in [-0.05, 0) is 78.4 Å². The van der Waals surface area contributed by atoms with Crippen LogP contribution in [0, 0.1) is 25.7 Å². The highest BCUT2D eigenvalue weighted by molar-refractivity contribution is 7.86. The average Bonchev–Trinajstić information content (AvgIpc) is 3.56. The van der Waals surface area contributed by atoms with Crippen LogP contribution in [0.3, 0.4) is 0 Å². The number of aliphatic carboxylic acids is 2. The number of carboxylic acid groups (broad SMARTS) is 2. The van der Waals surface area contributed by atoms with Gasteiger partial charge in [-0.2, -0.15) is 0 Å². The number of H-pyrrole nitrogens is 2. The Labute approximate surface area is 270 Å². The summed E-state index contributed by atoms with van der Waals surface area (Å²) < 4.78 is 0. The molecule has 0 saturated carbocycles. The third kappa shape index (κ3) is 6.80. The van der Waals surface area contributed by atoms with E-state index in [1.54, 1.807) is 0 Å². The molecule has 8 N–H and O–H groups in total. The SMILES string of the molecule is Cc1c(/C=C2\NC(=O)[C@H](C)[C@H]2[C@H]2C[SH+]2)[nH]c(Cc2[nH]c(C[C@H]3NC(=O)C(/C=C/O)=C3CO)c(C)c2CCC(=O)O)c1CCC(=O)O. The Bertz CT molecular complexity index is 1660. The molecule has 3 aliphatic rings. The van der Waals surface area contributed by atoms with Crippen molar-refractivity contribution in [2.75, 3.05) is 12.4 Å². The molecule has 2 amide bonds. The Balaban J connectivity index is 1.52. The molecule has 0 aliphatic carbocycles. The minimum absolute atomic E-state index is 0.00324. The molecule has 4 atom stereocenters. The number of carboxylic acids is 2. The maximum Gasteiger partial charge on any atom is 0.303 e. The predicted molar refractivity (Wildman–Crippen MR) is 173 cm³/mol. The molecule has 246 valence electrons. The zero-order valence-corrected chi connectivity index (χ0v) is 27.0. The van der Waals surface area contributed by atoms with Crippen LogP contribution in [0.1, 0.15) is 64.8 Å². The van der Waals surface area contributed by atoms with Crippen molar-refractivity contribution in [1.82, 2.24) is 20.6 Å². The summed E-state index contributed by atoms with van der Waals surface area (Å²) in [5, 5.41) is 44.6. The van der Waals surface area contributed by atoms with Crippen LogP contribution in [0.2, 0.25) is 0 Å². The number of aliphatic hydroxyl groups is 2. The number of carbonyl (C=O) groups is 4. The van der Waals surface area contributed by atoms with E-state index in [0.29, 0.717) is 30.1 Å². The van der Waals surface area contributed by atoms with Crippen molar-refractivity contribution in [1.29, 1.82) is 0 Å². The second-order valence-corrected chi connectivity index (χ2v) is 13.6. The predicted octanol–water partition coefficient (Wildman–Crippen LogP) is 1.91. The highest BCUT2D eigenvalue weighted by atomic mass is 32.2. The fourth-order valence-corrected chi connectivity index (χ4v) is 7.82. The molecule has 0 aromatic carbocycles. The highest BCUT2D eigenvalue weighted by Crippen LogP contribution is 2.38. The van der Waals surface area contributed by atoms with Crippen molar-refractivity contribution in [3.05, 3.63) is 74.2 Å². The molecule has 2 aromatic rings.